The number of para-hydroxylation sites is 1. The first kappa shape index (κ1) is 17.1. The van der Waals surface area contributed by atoms with Gasteiger partial charge in [-0.15, -0.1) is 0 Å². The fourth-order valence-electron chi connectivity index (χ4n) is 1.84. The Morgan fingerprint density at radius 1 is 1.00 bits per heavy atom. The van der Waals surface area contributed by atoms with E-state index in [9.17, 15) is 9.59 Å². The molecule has 4 nitrogen and oxygen atoms in total. The van der Waals surface area contributed by atoms with Crippen LogP contribution in [-0.4, -0.2) is 17.9 Å². The maximum Gasteiger partial charge on any atom is 0.313 e. The van der Waals surface area contributed by atoms with Crippen molar-refractivity contribution >= 4 is 29.3 Å². The summed E-state index contributed by atoms with van der Waals surface area (Å²) in [4.78, 5) is 25.9. The van der Waals surface area contributed by atoms with Crippen molar-refractivity contribution in [2.24, 2.45) is 0 Å². The highest BCUT2D eigenvalue weighted by Gasteiger charge is 2.17. The molecule has 0 radical (unpaired) electrons. The topological polar surface area (TPSA) is 58.2 Å². The lowest BCUT2D eigenvalue weighted by Gasteiger charge is -2.13. The van der Waals surface area contributed by atoms with Crippen LogP contribution in [-0.2, 0) is 9.59 Å². The average molecular weight is 328 g/mol. The molecule has 0 aromatic heterocycles. The molecular formula is C18H20N2O2S. The molecule has 2 rings (SSSR count). The van der Waals surface area contributed by atoms with Gasteiger partial charge in [-0.3, -0.25) is 9.59 Å². The highest BCUT2D eigenvalue weighted by Crippen LogP contribution is 2.33. The second-order valence-corrected chi connectivity index (χ2v) is 6.26. The van der Waals surface area contributed by atoms with Crippen LogP contribution in [0.4, 0.5) is 5.69 Å². The summed E-state index contributed by atoms with van der Waals surface area (Å²) in [7, 11) is 0. The molecule has 0 saturated heterocycles. The van der Waals surface area contributed by atoms with E-state index in [1.807, 2.05) is 62.4 Å². The van der Waals surface area contributed by atoms with Gasteiger partial charge in [0.15, 0.2) is 0 Å². The van der Waals surface area contributed by atoms with Crippen LogP contribution >= 0.6 is 11.8 Å². The summed E-state index contributed by atoms with van der Waals surface area (Å²) >= 11 is 1.54. The SMILES string of the molecule is CCC(C)NC(=O)C(=O)Nc1ccccc1Sc1ccccc1. The second-order valence-electron chi connectivity index (χ2n) is 5.15. The Hall–Kier alpha value is -2.27. The predicted octanol–water partition coefficient (Wildman–Crippen LogP) is 3.69. The number of rotatable bonds is 5. The minimum Gasteiger partial charge on any atom is -0.345 e. The summed E-state index contributed by atoms with van der Waals surface area (Å²) in [6, 6.07) is 17.3. The zero-order valence-electron chi connectivity index (χ0n) is 13.2. The fraction of sp³-hybridized carbons (Fsp3) is 0.222. The summed E-state index contributed by atoms with van der Waals surface area (Å²) < 4.78 is 0. The maximum absolute atomic E-state index is 12.0. The van der Waals surface area contributed by atoms with Crippen LogP contribution < -0.4 is 10.6 Å². The predicted molar refractivity (Wildman–Crippen MR) is 93.5 cm³/mol. The molecule has 2 aromatic rings. The maximum atomic E-state index is 12.0. The van der Waals surface area contributed by atoms with Crippen LogP contribution in [0, 0.1) is 0 Å². The summed E-state index contributed by atoms with van der Waals surface area (Å²) in [5.41, 5.74) is 0.630. The number of amides is 2. The fourth-order valence-corrected chi connectivity index (χ4v) is 2.77. The van der Waals surface area contributed by atoms with E-state index < -0.39 is 11.8 Å². The first-order chi connectivity index (χ1) is 11.1. The molecule has 1 atom stereocenters. The smallest absolute Gasteiger partial charge is 0.313 e. The third-order valence-electron chi connectivity index (χ3n) is 3.30. The molecule has 0 aliphatic rings. The van der Waals surface area contributed by atoms with E-state index in [2.05, 4.69) is 10.6 Å². The molecule has 0 aliphatic heterocycles. The van der Waals surface area contributed by atoms with Crippen LogP contribution in [0.15, 0.2) is 64.4 Å². The molecule has 0 saturated carbocycles. The van der Waals surface area contributed by atoms with Gasteiger partial charge in [0, 0.05) is 15.8 Å². The number of anilines is 1. The largest absolute Gasteiger partial charge is 0.345 e. The molecule has 1 unspecified atom stereocenters. The van der Waals surface area contributed by atoms with E-state index >= 15 is 0 Å². The van der Waals surface area contributed by atoms with E-state index in [4.69, 9.17) is 0 Å². The van der Waals surface area contributed by atoms with E-state index in [1.54, 1.807) is 6.07 Å². The average Bonchev–Trinajstić information content (AvgIpc) is 2.57. The number of carbonyl (C=O) groups is 2. The minimum absolute atomic E-state index is 0.0258. The molecule has 120 valence electrons. The van der Waals surface area contributed by atoms with Gasteiger partial charge in [0.25, 0.3) is 0 Å². The monoisotopic (exact) mass is 328 g/mol. The van der Waals surface area contributed by atoms with Gasteiger partial charge in [-0.25, -0.2) is 0 Å². The number of hydrogen-bond donors (Lipinski definition) is 2. The van der Waals surface area contributed by atoms with Crippen molar-refractivity contribution in [2.75, 3.05) is 5.32 Å². The summed E-state index contributed by atoms with van der Waals surface area (Å²) in [6.07, 6.45) is 0.777. The molecule has 0 spiro atoms. The minimum atomic E-state index is -0.647. The third-order valence-corrected chi connectivity index (χ3v) is 4.39. The van der Waals surface area contributed by atoms with E-state index in [1.165, 1.54) is 11.8 Å². The highest BCUT2D eigenvalue weighted by atomic mass is 32.2. The number of nitrogens with one attached hydrogen (secondary N) is 2. The van der Waals surface area contributed by atoms with Crippen LogP contribution in [0.2, 0.25) is 0 Å². The van der Waals surface area contributed by atoms with Crippen molar-refractivity contribution in [3.63, 3.8) is 0 Å². The summed E-state index contributed by atoms with van der Waals surface area (Å²) in [6.45, 7) is 3.82. The van der Waals surface area contributed by atoms with Gasteiger partial charge in [-0.05, 0) is 37.6 Å². The Kier molecular flexibility index (Phi) is 6.23. The molecule has 0 fully saturated rings. The van der Waals surface area contributed by atoms with Crippen molar-refractivity contribution in [2.45, 2.75) is 36.1 Å². The van der Waals surface area contributed by atoms with E-state index in [-0.39, 0.29) is 6.04 Å². The summed E-state index contributed by atoms with van der Waals surface area (Å²) in [5.74, 6) is -1.26. The van der Waals surface area contributed by atoms with E-state index in [0.29, 0.717) is 5.69 Å². The molecule has 0 aliphatic carbocycles. The molecule has 5 heteroatoms. The van der Waals surface area contributed by atoms with Crippen LogP contribution in [0.1, 0.15) is 20.3 Å². The molecule has 2 aromatic carbocycles. The first-order valence-corrected chi connectivity index (χ1v) is 8.35. The lowest BCUT2D eigenvalue weighted by atomic mass is 10.2. The van der Waals surface area contributed by atoms with Crippen molar-refractivity contribution in [1.29, 1.82) is 0 Å². The van der Waals surface area contributed by atoms with Gasteiger partial charge in [-0.1, -0.05) is 49.0 Å². The second kappa shape index (κ2) is 8.39. The Bertz CT molecular complexity index is 674. The normalized spacial score (nSPS) is 11.6. The first-order valence-electron chi connectivity index (χ1n) is 7.54. The van der Waals surface area contributed by atoms with Gasteiger partial charge >= 0.3 is 11.8 Å². The lowest BCUT2D eigenvalue weighted by molar-refractivity contribution is -0.136. The molecule has 0 bridgehead atoms. The Balaban J connectivity index is 2.08. The number of benzene rings is 2. The Morgan fingerprint density at radius 3 is 2.35 bits per heavy atom. The third kappa shape index (κ3) is 5.14. The quantitative estimate of drug-likeness (QED) is 0.823. The van der Waals surface area contributed by atoms with Crippen LogP contribution in [0.3, 0.4) is 0 Å². The molecule has 0 heterocycles. The van der Waals surface area contributed by atoms with Gasteiger partial charge < -0.3 is 10.6 Å². The van der Waals surface area contributed by atoms with Crippen LogP contribution in [0.25, 0.3) is 0 Å². The zero-order valence-corrected chi connectivity index (χ0v) is 14.0. The standard InChI is InChI=1S/C18H20N2O2S/c1-3-13(2)19-17(21)18(22)20-15-11-7-8-12-16(15)23-14-9-5-4-6-10-14/h4-13H,3H2,1-2H3,(H,19,21)(H,20,22). The zero-order chi connectivity index (χ0) is 16.7. The molecule has 2 N–H and O–H groups in total. The highest BCUT2D eigenvalue weighted by molar-refractivity contribution is 7.99. The van der Waals surface area contributed by atoms with Gasteiger partial charge in [0.2, 0.25) is 0 Å². The van der Waals surface area contributed by atoms with Crippen molar-refractivity contribution in [3.05, 3.63) is 54.6 Å². The number of carbonyl (C=O) groups excluding carboxylic acids is 2. The van der Waals surface area contributed by atoms with Crippen molar-refractivity contribution in [1.82, 2.24) is 5.32 Å². The number of hydrogen-bond acceptors (Lipinski definition) is 3. The van der Waals surface area contributed by atoms with Crippen LogP contribution in [0.5, 0.6) is 0 Å². The van der Waals surface area contributed by atoms with Crippen molar-refractivity contribution < 1.29 is 9.59 Å². The van der Waals surface area contributed by atoms with Gasteiger partial charge in [0.05, 0.1) is 5.69 Å². The lowest BCUT2D eigenvalue weighted by Crippen LogP contribution is -2.40. The molecular weight excluding hydrogens is 308 g/mol. The molecule has 23 heavy (non-hydrogen) atoms. The molecule has 2 amide bonds. The summed E-state index contributed by atoms with van der Waals surface area (Å²) in [5, 5.41) is 5.35. The van der Waals surface area contributed by atoms with Gasteiger partial charge in [0.1, 0.15) is 0 Å². The van der Waals surface area contributed by atoms with Gasteiger partial charge in [-0.2, -0.15) is 0 Å². The van der Waals surface area contributed by atoms with E-state index in [0.717, 1.165) is 16.2 Å². The van der Waals surface area contributed by atoms with Crippen molar-refractivity contribution in [3.8, 4) is 0 Å². The Morgan fingerprint density at radius 2 is 1.65 bits per heavy atom. The Labute approximate surface area is 140 Å².